The standard InChI is InChI=1S/C25H51BrO3S/c1-5-7-9-11-12-15-19-23-27-25(21-17-13-10-8-6-2)29-30(3,4)28-24-20-16-14-18-22-26/h12,15,25H,5-11,13-14,16-24H2,1-4H3/b15-12-. The smallest absolute Gasteiger partial charge is 0.180 e. The van der Waals surface area contributed by atoms with Crippen LogP contribution in [0.25, 0.3) is 0 Å². The fourth-order valence-electron chi connectivity index (χ4n) is 3.19. The van der Waals surface area contributed by atoms with Crippen LogP contribution in [-0.4, -0.2) is 37.3 Å². The van der Waals surface area contributed by atoms with Gasteiger partial charge in [0.15, 0.2) is 6.29 Å². The fourth-order valence-corrected chi connectivity index (χ4v) is 4.83. The van der Waals surface area contributed by atoms with Crippen molar-refractivity contribution in [1.82, 2.24) is 0 Å². The number of hydrogen-bond donors (Lipinski definition) is 0. The van der Waals surface area contributed by atoms with Crippen molar-refractivity contribution >= 4 is 26.5 Å². The summed E-state index contributed by atoms with van der Waals surface area (Å²) in [4.78, 5) is 0. The van der Waals surface area contributed by atoms with Gasteiger partial charge in [-0.2, -0.15) is 10.6 Å². The molecular formula is C25H51BrO3S. The molecule has 0 heterocycles. The van der Waals surface area contributed by atoms with Gasteiger partial charge in [-0.25, -0.2) is 0 Å². The molecule has 0 aliphatic carbocycles. The Kier molecular flexibility index (Phi) is 23.0. The summed E-state index contributed by atoms with van der Waals surface area (Å²) in [6.45, 7) is 6.02. The Balaban J connectivity index is 4.24. The number of rotatable bonds is 23. The molecule has 3 nitrogen and oxygen atoms in total. The number of ether oxygens (including phenoxy) is 1. The van der Waals surface area contributed by atoms with Crippen LogP contribution in [0.3, 0.4) is 0 Å². The molecule has 182 valence electrons. The van der Waals surface area contributed by atoms with E-state index >= 15 is 0 Å². The van der Waals surface area contributed by atoms with Crippen molar-refractivity contribution in [3.8, 4) is 0 Å². The predicted octanol–water partition coefficient (Wildman–Crippen LogP) is 9.10. The minimum atomic E-state index is -1.53. The summed E-state index contributed by atoms with van der Waals surface area (Å²) in [5.74, 6) is 0. The number of halogens is 1. The SMILES string of the molecule is CCCCC/C=C\CCOC(CCCCCCC)OS(C)(C)OCCCCCCBr. The Hall–Kier alpha value is 0.450. The Morgan fingerprint density at radius 2 is 1.37 bits per heavy atom. The van der Waals surface area contributed by atoms with E-state index in [0.717, 1.165) is 37.8 Å². The van der Waals surface area contributed by atoms with Crippen LogP contribution in [0, 0.1) is 0 Å². The van der Waals surface area contributed by atoms with Crippen LogP contribution < -0.4 is 0 Å². The van der Waals surface area contributed by atoms with Crippen LogP contribution in [0.4, 0.5) is 0 Å². The van der Waals surface area contributed by atoms with Crippen LogP contribution >= 0.6 is 26.5 Å². The first-order valence-electron chi connectivity index (χ1n) is 12.4. The third-order valence-corrected chi connectivity index (χ3v) is 6.98. The molecule has 1 atom stereocenters. The maximum Gasteiger partial charge on any atom is 0.180 e. The lowest BCUT2D eigenvalue weighted by atomic mass is 10.1. The van der Waals surface area contributed by atoms with Crippen molar-refractivity contribution in [2.24, 2.45) is 0 Å². The first-order chi connectivity index (χ1) is 14.6. The first-order valence-corrected chi connectivity index (χ1v) is 15.9. The average molecular weight is 512 g/mol. The van der Waals surface area contributed by atoms with E-state index in [4.69, 9.17) is 13.1 Å². The second-order valence-corrected chi connectivity index (χ2v) is 11.9. The van der Waals surface area contributed by atoms with Crippen LogP contribution in [0.1, 0.15) is 110 Å². The third-order valence-electron chi connectivity index (χ3n) is 5.01. The van der Waals surface area contributed by atoms with Gasteiger partial charge in [0.1, 0.15) is 0 Å². The maximum absolute atomic E-state index is 6.34. The molecule has 0 aliphatic heterocycles. The highest BCUT2D eigenvalue weighted by atomic mass is 79.9. The summed E-state index contributed by atoms with van der Waals surface area (Å²) in [7, 11) is -1.53. The van der Waals surface area contributed by atoms with Crippen molar-refractivity contribution < 1.29 is 13.1 Å². The lowest BCUT2D eigenvalue weighted by Crippen LogP contribution is -2.21. The number of alkyl halides is 1. The summed E-state index contributed by atoms with van der Waals surface area (Å²) in [5.41, 5.74) is 0. The molecule has 30 heavy (non-hydrogen) atoms. The van der Waals surface area contributed by atoms with Gasteiger partial charge in [-0.15, -0.1) is 0 Å². The summed E-state index contributed by atoms with van der Waals surface area (Å²) >= 11 is 3.49. The van der Waals surface area contributed by atoms with Crippen molar-refractivity contribution in [1.29, 1.82) is 0 Å². The Labute approximate surface area is 198 Å². The van der Waals surface area contributed by atoms with E-state index < -0.39 is 10.6 Å². The normalized spacial score (nSPS) is 13.9. The molecule has 0 aromatic rings. The molecule has 0 amide bonds. The van der Waals surface area contributed by atoms with Crippen molar-refractivity contribution in [3.05, 3.63) is 12.2 Å². The third kappa shape index (κ3) is 21.7. The zero-order chi connectivity index (χ0) is 22.3. The van der Waals surface area contributed by atoms with Crippen LogP contribution in [0.15, 0.2) is 12.2 Å². The average Bonchev–Trinajstić information content (AvgIpc) is 2.72. The van der Waals surface area contributed by atoms with E-state index in [1.807, 2.05) is 0 Å². The Morgan fingerprint density at radius 3 is 2.10 bits per heavy atom. The molecule has 0 spiro atoms. The van der Waals surface area contributed by atoms with Crippen molar-refractivity contribution in [2.45, 2.75) is 116 Å². The zero-order valence-corrected chi connectivity index (χ0v) is 22.9. The van der Waals surface area contributed by atoms with Gasteiger partial charge in [0, 0.05) is 24.3 Å². The number of hydrogen-bond acceptors (Lipinski definition) is 3. The Bertz CT molecular complexity index is 377. The number of unbranched alkanes of at least 4 members (excludes halogenated alkanes) is 10. The molecule has 0 saturated carbocycles. The molecule has 1 unspecified atom stereocenters. The molecule has 0 aliphatic rings. The minimum Gasteiger partial charge on any atom is -0.350 e. The lowest BCUT2D eigenvalue weighted by Gasteiger charge is -2.38. The maximum atomic E-state index is 6.34. The molecule has 0 radical (unpaired) electrons. The highest BCUT2D eigenvalue weighted by molar-refractivity contribution is 9.09. The second kappa shape index (κ2) is 22.6. The topological polar surface area (TPSA) is 27.7 Å². The van der Waals surface area contributed by atoms with Gasteiger partial charge in [0.05, 0.1) is 13.2 Å². The summed E-state index contributed by atoms with van der Waals surface area (Å²) in [5, 5.41) is 1.10. The minimum absolute atomic E-state index is 0.140. The monoisotopic (exact) mass is 510 g/mol. The van der Waals surface area contributed by atoms with Gasteiger partial charge in [-0.1, -0.05) is 93.3 Å². The molecule has 0 fully saturated rings. The van der Waals surface area contributed by atoms with Gasteiger partial charge in [0.2, 0.25) is 0 Å². The van der Waals surface area contributed by atoms with Gasteiger partial charge in [-0.3, -0.25) is 8.37 Å². The van der Waals surface area contributed by atoms with Gasteiger partial charge in [-0.05, 0) is 38.5 Å². The van der Waals surface area contributed by atoms with Crippen LogP contribution in [-0.2, 0) is 13.1 Å². The molecule has 0 aromatic heterocycles. The highest BCUT2D eigenvalue weighted by Crippen LogP contribution is 2.44. The quantitative estimate of drug-likeness (QED) is 0.0592. The fraction of sp³-hybridized carbons (Fsp3) is 0.920. The Morgan fingerprint density at radius 1 is 0.733 bits per heavy atom. The van der Waals surface area contributed by atoms with Gasteiger partial charge >= 0.3 is 0 Å². The zero-order valence-electron chi connectivity index (χ0n) is 20.5. The van der Waals surface area contributed by atoms with E-state index in [1.54, 1.807) is 0 Å². The van der Waals surface area contributed by atoms with Crippen LogP contribution in [0.2, 0.25) is 0 Å². The molecule has 0 bridgehead atoms. The molecule has 0 saturated heterocycles. The second-order valence-electron chi connectivity index (χ2n) is 8.42. The lowest BCUT2D eigenvalue weighted by molar-refractivity contribution is -0.0818. The van der Waals surface area contributed by atoms with E-state index in [2.05, 4.69) is 54.4 Å². The largest absolute Gasteiger partial charge is 0.350 e. The molecule has 0 aromatic carbocycles. The van der Waals surface area contributed by atoms with E-state index in [0.29, 0.717) is 0 Å². The predicted molar refractivity (Wildman–Crippen MR) is 140 cm³/mol. The molecule has 5 heteroatoms. The summed E-state index contributed by atoms with van der Waals surface area (Å²) in [6, 6.07) is 0. The van der Waals surface area contributed by atoms with Crippen molar-refractivity contribution in [3.63, 3.8) is 0 Å². The van der Waals surface area contributed by atoms with Crippen LogP contribution in [0.5, 0.6) is 0 Å². The van der Waals surface area contributed by atoms with Gasteiger partial charge < -0.3 is 4.74 Å². The number of allylic oxidation sites excluding steroid dienone is 1. The van der Waals surface area contributed by atoms with E-state index in [-0.39, 0.29) is 6.29 Å². The molecule has 0 rings (SSSR count). The molecular weight excluding hydrogens is 460 g/mol. The summed E-state index contributed by atoms with van der Waals surface area (Å²) in [6.07, 6.45) is 26.8. The van der Waals surface area contributed by atoms with Gasteiger partial charge in [0.25, 0.3) is 0 Å². The molecule has 0 N–H and O–H groups in total. The van der Waals surface area contributed by atoms with E-state index in [9.17, 15) is 0 Å². The first kappa shape index (κ1) is 30.4. The van der Waals surface area contributed by atoms with E-state index in [1.165, 1.54) is 77.0 Å². The highest BCUT2D eigenvalue weighted by Gasteiger charge is 2.18. The van der Waals surface area contributed by atoms with Crippen molar-refractivity contribution in [2.75, 3.05) is 31.1 Å². The summed E-state index contributed by atoms with van der Waals surface area (Å²) < 4.78 is 18.6.